The van der Waals surface area contributed by atoms with Crippen LogP contribution in [0.3, 0.4) is 0 Å². The first kappa shape index (κ1) is 9.83. The van der Waals surface area contributed by atoms with Crippen LogP contribution in [0.2, 0.25) is 0 Å². The topological polar surface area (TPSA) is 55.8 Å². The Balaban J connectivity index is 2.16. The van der Waals surface area contributed by atoms with Crippen molar-refractivity contribution < 1.29 is 19.4 Å². The third kappa shape index (κ3) is 2.21. The van der Waals surface area contributed by atoms with Crippen LogP contribution >= 0.6 is 0 Å². The highest BCUT2D eigenvalue weighted by atomic mass is 16.6. The van der Waals surface area contributed by atoms with Gasteiger partial charge in [0.15, 0.2) is 5.76 Å². The van der Waals surface area contributed by atoms with Gasteiger partial charge in [-0.25, -0.2) is 4.79 Å². The lowest BCUT2D eigenvalue weighted by Gasteiger charge is -2.26. The number of rotatable bonds is 2. The fourth-order valence-corrected chi connectivity index (χ4v) is 1.66. The molecular weight excluding hydrogens is 196 g/mol. The second kappa shape index (κ2) is 4.21. The Labute approximate surface area is 87.5 Å². The van der Waals surface area contributed by atoms with Crippen LogP contribution in [0, 0.1) is 5.92 Å². The van der Waals surface area contributed by atoms with Crippen LogP contribution in [0.4, 0.5) is 0 Å². The van der Waals surface area contributed by atoms with Gasteiger partial charge in [-0.3, -0.25) is 0 Å². The van der Waals surface area contributed by atoms with E-state index in [1.54, 1.807) is 6.08 Å². The standard InChI is InChI=1S/C11H12O4/c12-10(13)5-4-8-2-1-3-9-11(8)15-7-6-14-9/h1,3-5,8H,2,6-7H2,(H,12,13)/b5-4+. The van der Waals surface area contributed by atoms with Gasteiger partial charge in [-0.15, -0.1) is 0 Å². The molecule has 1 atom stereocenters. The van der Waals surface area contributed by atoms with Gasteiger partial charge in [0, 0.05) is 12.0 Å². The highest BCUT2D eigenvalue weighted by molar-refractivity contribution is 5.79. The molecule has 0 aromatic carbocycles. The molecule has 1 N–H and O–H groups in total. The van der Waals surface area contributed by atoms with Crippen molar-refractivity contribution in [2.45, 2.75) is 6.42 Å². The van der Waals surface area contributed by atoms with Crippen molar-refractivity contribution in [1.82, 2.24) is 0 Å². The summed E-state index contributed by atoms with van der Waals surface area (Å²) >= 11 is 0. The van der Waals surface area contributed by atoms with Crippen molar-refractivity contribution in [2.75, 3.05) is 13.2 Å². The van der Waals surface area contributed by atoms with Crippen LogP contribution < -0.4 is 0 Å². The number of hydrogen-bond donors (Lipinski definition) is 1. The molecule has 1 aliphatic carbocycles. The molecule has 0 saturated heterocycles. The van der Waals surface area contributed by atoms with Gasteiger partial charge in [0.05, 0.1) is 0 Å². The average molecular weight is 208 g/mol. The molecule has 80 valence electrons. The zero-order valence-electron chi connectivity index (χ0n) is 8.18. The van der Waals surface area contributed by atoms with Gasteiger partial charge in [-0.05, 0) is 12.5 Å². The Kier molecular flexibility index (Phi) is 2.76. The minimum absolute atomic E-state index is 0.0126. The summed E-state index contributed by atoms with van der Waals surface area (Å²) in [6.45, 7) is 1.09. The SMILES string of the molecule is O=C(O)/C=C/C1CC=CC2=C1OCCO2. The summed E-state index contributed by atoms with van der Waals surface area (Å²) in [6.07, 6.45) is 7.37. The molecule has 0 bridgehead atoms. The monoisotopic (exact) mass is 208 g/mol. The van der Waals surface area contributed by atoms with Crippen LogP contribution in [-0.4, -0.2) is 24.3 Å². The molecule has 4 nitrogen and oxygen atoms in total. The lowest BCUT2D eigenvalue weighted by molar-refractivity contribution is -0.131. The average Bonchev–Trinajstić information content (AvgIpc) is 2.26. The minimum Gasteiger partial charge on any atom is -0.490 e. The summed E-state index contributed by atoms with van der Waals surface area (Å²) in [7, 11) is 0. The zero-order valence-corrected chi connectivity index (χ0v) is 8.18. The van der Waals surface area contributed by atoms with E-state index in [4.69, 9.17) is 14.6 Å². The molecule has 15 heavy (non-hydrogen) atoms. The normalized spacial score (nSPS) is 24.7. The van der Waals surface area contributed by atoms with E-state index in [1.807, 2.05) is 12.2 Å². The molecule has 0 saturated carbocycles. The number of carboxylic acid groups (broad SMARTS) is 1. The number of ether oxygens (including phenoxy) is 2. The van der Waals surface area contributed by atoms with Crippen LogP contribution in [-0.2, 0) is 14.3 Å². The number of carboxylic acids is 1. The predicted molar refractivity (Wildman–Crippen MR) is 53.0 cm³/mol. The fraction of sp³-hybridized carbons (Fsp3) is 0.364. The number of allylic oxidation sites excluding steroid dienone is 3. The minimum atomic E-state index is -0.941. The second-order valence-electron chi connectivity index (χ2n) is 3.37. The Bertz CT molecular complexity index is 352. The van der Waals surface area contributed by atoms with Gasteiger partial charge in [0.2, 0.25) is 0 Å². The molecule has 0 radical (unpaired) electrons. The van der Waals surface area contributed by atoms with Crippen LogP contribution in [0.1, 0.15) is 6.42 Å². The lowest BCUT2D eigenvalue weighted by atomic mass is 9.96. The van der Waals surface area contributed by atoms with Crippen LogP contribution in [0.25, 0.3) is 0 Å². The van der Waals surface area contributed by atoms with E-state index in [1.165, 1.54) is 0 Å². The molecule has 0 fully saturated rings. The van der Waals surface area contributed by atoms with Crippen LogP contribution in [0.5, 0.6) is 0 Å². The highest BCUT2D eigenvalue weighted by Crippen LogP contribution is 2.30. The zero-order chi connectivity index (χ0) is 10.7. The Morgan fingerprint density at radius 2 is 2.27 bits per heavy atom. The Hall–Kier alpha value is -1.71. The number of hydrogen-bond acceptors (Lipinski definition) is 3. The molecule has 4 heteroatoms. The molecule has 2 aliphatic rings. The van der Waals surface area contributed by atoms with Gasteiger partial charge in [-0.2, -0.15) is 0 Å². The van der Waals surface area contributed by atoms with Crippen molar-refractivity contribution >= 4 is 5.97 Å². The molecule has 0 spiro atoms. The summed E-state index contributed by atoms with van der Waals surface area (Å²) in [5, 5.41) is 8.55. The van der Waals surface area contributed by atoms with E-state index in [0.29, 0.717) is 13.2 Å². The fourth-order valence-electron chi connectivity index (χ4n) is 1.66. The summed E-state index contributed by atoms with van der Waals surface area (Å²) in [5.74, 6) is 0.526. The largest absolute Gasteiger partial charge is 0.490 e. The van der Waals surface area contributed by atoms with E-state index in [9.17, 15) is 4.79 Å². The predicted octanol–water partition coefficient (Wildman–Crippen LogP) is 1.46. The Morgan fingerprint density at radius 1 is 1.47 bits per heavy atom. The molecule has 1 heterocycles. The molecule has 0 aromatic heterocycles. The third-order valence-electron chi connectivity index (χ3n) is 2.31. The molecule has 2 rings (SSSR count). The molecule has 0 amide bonds. The van der Waals surface area contributed by atoms with E-state index in [2.05, 4.69) is 0 Å². The number of aliphatic carboxylic acids is 1. The number of carbonyl (C=O) groups is 1. The van der Waals surface area contributed by atoms with Gasteiger partial charge < -0.3 is 14.6 Å². The van der Waals surface area contributed by atoms with Crippen molar-refractivity contribution in [3.8, 4) is 0 Å². The smallest absolute Gasteiger partial charge is 0.328 e. The second-order valence-corrected chi connectivity index (χ2v) is 3.37. The van der Waals surface area contributed by atoms with E-state index < -0.39 is 5.97 Å². The first-order valence-electron chi connectivity index (χ1n) is 4.85. The maximum atomic E-state index is 10.4. The first-order chi connectivity index (χ1) is 7.27. The quantitative estimate of drug-likeness (QED) is 0.698. The van der Waals surface area contributed by atoms with Gasteiger partial charge in [-0.1, -0.05) is 12.2 Å². The maximum absolute atomic E-state index is 10.4. The van der Waals surface area contributed by atoms with Crippen molar-refractivity contribution in [3.05, 3.63) is 35.8 Å². The summed E-state index contributed by atoms with van der Waals surface area (Å²) < 4.78 is 10.9. The van der Waals surface area contributed by atoms with Crippen molar-refractivity contribution in [3.63, 3.8) is 0 Å². The van der Waals surface area contributed by atoms with Crippen molar-refractivity contribution in [2.24, 2.45) is 5.92 Å². The summed E-state index contributed by atoms with van der Waals surface area (Å²) in [6, 6.07) is 0. The molecular formula is C11H12O4. The van der Waals surface area contributed by atoms with Crippen molar-refractivity contribution in [1.29, 1.82) is 0 Å². The summed E-state index contributed by atoms with van der Waals surface area (Å²) in [5.41, 5.74) is 0. The highest BCUT2D eigenvalue weighted by Gasteiger charge is 2.23. The van der Waals surface area contributed by atoms with Gasteiger partial charge in [0.25, 0.3) is 0 Å². The van der Waals surface area contributed by atoms with E-state index in [0.717, 1.165) is 24.0 Å². The Morgan fingerprint density at radius 3 is 3.07 bits per heavy atom. The summed E-state index contributed by atoms with van der Waals surface area (Å²) in [4.78, 5) is 10.4. The third-order valence-corrected chi connectivity index (χ3v) is 2.31. The van der Waals surface area contributed by atoms with E-state index in [-0.39, 0.29) is 5.92 Å². The molecule has 1 aliphatic heterocycles. The van der Waals surface area contributed by atoms with Crippen LogP contribution in [0.15, 0.2) is 35.8 Å². The maximum Gasteiger partial charge on any atom is 0.328 e. The first-order valence-corrected chi connectivity index (χ1v) is 4.85. The van der Waals surface area contributed by atoms with Gasteiger partial charge in [0.1, 0.15) is 19.0 Å². The van der Waals surface area contributed by atoms with E-state index >= 15 is 0 Å². The molecule has 0 aromatic rings. The van der Waals surface area contributed by atoms with Gasteiger partial charge >= 0.3 is 5.97 Å². The lowest BCUT2D eigenvalue weighted by Crippen LogP contribution is -2.20. The molecule has 1 unspecified atom stereocenters.